The first kappa shape index (κ1) is 25.9. The molecule has 1 N–H and O–H groups in total. The Balaban J connectivity index is 1.54. The SMILES string of the molecule is COc1ccc(S(=O)(=O)N(CCc2ccccc2)CC(=O)Nc2ccccc2Oc2ccccc2)cc1. The number of rotatable bonds is 11. The predicted octanol–water partition coefficient (Wildman–Crippen LogP) is 5.36. The number of carbonyl (C=O) groups is 1. The van der Waals surface area contributed by atoms with Crippen LogP contribution in [0.4, 0.5) is 5.69 Å². The summed E-state index contributed by atoms with van der Waals surface area (Å²) in [6.45, 7) is -0.227. The number of hydrogen-bond donors (Lipinski definition) is 1. The van der Waals surface area contributed by atoms with Crippen LogP contribution < -0.4 is 14.8 Å². The van der Waals surface area contributed by atoms with Gasteiger partial charge in [0.25, 0.3) is 0 Å². The summed E-state index contributed by atoms with van der Waals surface area (Å²) in [4.78, 5) is 13.2. The van der Waals surface area contributed by atoms with Gasteiger partial charge in [-0.15, -0.1) is 0 Å². The third-order valence-electron chi connectivity index (χ3n) is 5.64. The number of nitrogens with zero attached hydrogens (tertiary/aromatic N) is 1. The number of hydrogen-bond acceptors (Lipinski definition) is 5. The molecule has 1 amide bonds. The van der Waals surface area contributed by atoms with Gasteiger partial charge in [0.1, 0.15) is 11.5 Å². The monoisotopic (exact) mass is 516 g/mol. The molecule has 8 heteroatoms. The molecule has 0 fully saturated rings. The maximum atomic E-state index is 13.5. The van der Waals surface area contributed by atoms with Crippen molar-refractivity contribution in [3.8, 4) is 17.2 Å². The van der Waals surface area contributed by atoms with Crippen LogP contribution in [0.25, 0.3) is 0 Å². The molecule has 0 aliphatic carbocycles. The number of nitrogens with one attached hydrogen (secondary N) is 1. The van der Waals surface area contributed by atoms with Crippen LogP contribution in [-0.4, -0.2) is 38.8 Å². The molecule has 0 aromatic heterocycles. The van der Waals surface area contributed by atoms with Crippen molar-refractivity contribution in [2.24, 2.45) is 0 Å². The van der Waals surface area contributed by atoms with Gasteiger partial charge in [0, 0.05) is 6.54 Å². The number of sulfonamides is 1. The maximum absolute atomic E-state index is 13.5. The van der Waals surface area contributed by atoms with Gasteiger partial charge < -0.3 is 14.8 Å². The van der Waals surface area contributed by atoms with E-state index in [4.69, 9.17) is 9.47 Å². The molecule has 0 aliphatic rings. The Hall–Kier alpha value is -4.14. The van der Waals surface area contributed by atoms with E-state index < -0.39 is 15.9 Å². The first-order chi connectivity index (χ1) is 18.0. The van der Waals surface area contributed by atoms with Crippen LogP contribution in [0.3, 0.4) is 0 Å². The zero-order valence-corrected chi connectivity index (χ0v) is 21.2. The van der Waals surface area contributed by atoms with Gasteiger partial charge in [0.2, 0.25) is 15.9 Å². The fraction of sp³-hybridized carbons (Fsp3) is 0.138. The lowest BCUT2D eigenvalue weighted by Crippen LogP contribution is -2.39. The summed E-state index contributed by atoms with van der Waals surface area (Å²) >= 11 is 0. The van der Waals surface area contributed by atoms with Crippen LogP contribution in [0.5, 0.6) is 17.2 Å². The van der Waals surface area contributed by atoms with Crippen molar-refractivity contribution >= 4 is 21.6 Å². The molecule has 37 heavy (non-hydrogen) atoms. The average molecular weight is 517 g/mol. The lowest BCUT2D eigenvalue weighted by Gasteiger charge is -2.22. The second-order valence-corrected chi connectivity index (χ2v) is 10.1. The smallest absolute Gasteiger partial charge is 0.243 e. The molecule has 4 aromatic rings. The van der Waals surface area contributed by atoms with Crippen LogP contribution in [0.1, 0.15) is 5.56 Å². The maximum Gasteiger partial charge on any atom is 0.243 e. The molecule has 7 nitrogen and oxygen atoms in total. The van der Waals surface area contributed by atoms with Crippen LogP contribution in [0.2, 0.25) is 0 Å². The van der Waals surface area contributed by atoms with E-state index in [1.165, 1.54) is 23.5 Å². The Morgan fingerprint density at radius 2 is 1.41 bits per heavy atom. The fourth-order valence-electron chi connectivity index (χ4n) is 3.70. The summed E-state index contributed by atoms with van der Waals surface area (Å²) in [5, 5.41) is 2.81. The number of methoxy groups -OCH3 is 1. The van der Waals surface area contributed by atoms with Crippen molar-refractivity contribution in [1.29, 1.82) is 0 Å². The number of carbonyl (C=O) groups excluding carboxylic acids is 1. The van der Waals surface area contributed by atoms with Crippen LogP contribution >= 0.6 is 0 Å². The van der Waals surface area contributed by atoms with E-state index in [-0.39, 0.29) is 18.0 Å². The van der Waals surface area contributed by atoms with Gasteiger partial charge in [-0.2, -0.15) is 4.31 Å². The highest BCUT2D eigenvalue weighted by atomic mass is 32.2. The van der Waals surface area contributed by atoms with Gasteiger partial charge in [-0.1, -0.05) is 60.7 Å². The first-order valence-electron chi connectivity index (χ1n) is 11.8. The van der Waals surface area contributed by atoms with Crippen LogP contribution in [-0.2, 0) is 21.2 Å². The summed E-state index contributed by atoms with van der Waals surface area (Å²) < 4.78 is 39.3. The second-order valence-electron chi connectivity index (χ2n) is 8.21. The molecule has 0 saturated heterocycles. The van der Waals surface area contributed by atoms with Gasteiger partial charge in [-0.05, 0) is 60.5 Å². The van der Waals surface area contributed by atoms with E-state index in [1.807, 2.05) is 60.7 Å². The number of amides is 1. The van der Waals surface area contributed by atoms with Crippen molar-refractivity contribution in [2.75, 3.05) is 25.5 Å². The molecular formula is C29H28N2O5S. The second kappa shape index (κ2) is 12.2. The molecule has 0 atom stereocenters. The number of anilines is 1. The highest BCUT2D eigenvalue weighted by Crippen LogP contribution is 2.29. The normalized spacial score (nSPS) is 11.2. The minimum absolute atomic E-state index is 0.0852. The predicted molar refractivity (Wildman–Crippen MR) is 143 cm³/mol. The van der Waals surface area contributed by atoms with Crippen LogP contribution in [0.15, 0.2) is 114 Å². The molecule has 0 unspecified atom stereocenters. The molecule has 4 rings (SSSR count). The van der Waals surface area contributed by atoms with Gasteiger partial charge in [-0.25, -0.2) is 8.42 Å². The molecule has 0 aliphatic heterocycles. The fourth-order valence-corrected chi connectivity index (χ4v) is 5.10. The minimum atomic E-state index is -3.96. The Bertz CT molecular complexity index is 1410. The molecule has 0 saturated carbocycles. The van der Waals surface area contributed by atoms with Gasteiger partial charge in [-0.3, -0.25) is 4.79 Å². The topological polar surface area (TPSA) is 84.9 Å². The van der Waals surface area contributed by atoms with Crippen molar-refractivity contribution in [1.82, 2.24) is 4.31 Å². The minimum Gasteiger partial charge on any atom is -0.497 e. The Labute approximate surface area is 217 Å². The van der Waals surface area contributed by atoms with Crippen molar-refractivity contribution < 1.29 is 22.7 Å². The largest absolute Gasteiger partial charge is 0.497 e. The highest BCUT2D eigenvalue weighted by Gasteiger charge is 2.27. The summed E-state index contributed by atoms with van der Waals surface area (Å²) in [7, 11) is -2.44. The molecule has 4 aromatic carbocycles. The molecule has 0 spiro atoms. The third kappa shape index (κ3) is 6.97. The van der Waals surface area contributed by atoms with Crippen molar-refractivity contribution in [3.63, 3.8) is 0 Å². The molecule has 0 heterocycles. The van der Waals surface area contributed by atoms with Gasteiger partial charge >= 0.3 is 0 Å². The van der Waals surface area contributed by atoms with Crippen LogP contribution in [0, 0.1) is 0 Å². The summed E-state index contributed by atoms with van der Waals surface area (Å²) in [5.41, 5.74) is 1.42. The van der Waals surface area contributed by atoms with E-state index in [9.17, 15) is 13.2 Å². The first-order valence-corrected chi connectivity index (χ1v) is 13.2. The summed E-state index contributed by atoms with van der Waals surface area (Å²) in [6.07, 6.45) is 0.456. The quantitative estimate of drug-likeness (QED) is 0.290. The molecule has 0 bridgehead atoms. The highest BCUT2D eigenvalue weighted by molar-refractivity contribution is 7.89. The molecular weight excluding hydrogens is 488 g/mol. The molecule has 0 radical (unpaired) electrons. The summed E-state index contributed by atoms with van der Waals surface area (Å²) in [5.74, 6) is 1.14. The third-order valence-corrected chi connectivity index (χ3v) is 7.50. The zero-order valence-electron chi connectivity index (χ0n) is 20.4. The Morgan fingerprint density at radius 1 is 0.784 bits per heavy atom. The number of ether oxygens (including phenoxy) is 2. The van der Waals surface area contributed by atoms with E-state index in [0.717, 1.165) is 5.56 Å². The van der Waals surface area contributed by atoms with E-state index in [2.05, 4.69) is 5.32 Å². The average Bonchev–Trinajstić information content (AvgIpc) is 2.93. The standard InChI is InChI=1S/C29H28N2O5S/c1-35-24-16-18-26(19-17-24)37(33,34)31(21-20-23-10-4-2-5-11-23)22-29(32)30-27-14-8-9-15-28(27)36-25-12-6-3-7-13-25/h2-19H,20-22H2,1H3,(H,30,32). The van der Waals surface area contributed by atoms with Gasteiger partial charge in [0.15, 0.2) is 5.75 Å². The van der Waals surface area contributed by atoms with Gasteiger partial charge in [0.05, 0.1) is 24.2 Å². The number of para-hydroxylation sites is 3. The van der Waals surface area contributed by atoms with Crippen molar-refractivity contribution in [3.05, 3.63) is 115 Å². The lowest BCUT2D eigenvalue weighted by atomic mass is 10.1. The summed E-state index contributed by atoms with van der Waals surface area (Å²) in [6, 6.07) is 31.9. The molecule has 190 valence electrons. The van der Waals surface area contributed by atoms with E-state index >= 15 is 0 Å². The lowest BCUT2D eigenvalue weighted by molar-refractivity contribution is -0.116. The number of benzene rings is 4. The van der Waals surface area contributed by atoms with E-state index in [1.54, 1.807) is 36.4 Å². The Kier molecular flexibility index (Phi) is 8.56. The Morgan fingerprint density at radius 3 is 2.08 bits per heavy atom. The van der Waals surface area contributed by atoms with Crippen molar-refractivity contribution in [2.45, 2.75) is 11.3 Å². The van der Waals surface area contributed by atoms with E-state index in [0.29, 0.717) is 29.4 Å². The zero-order chi connectivity index (χ0) is 26.1.